The SMILES string of the molecule is CC(O)(CO)CNc1cnc(C#N)cn1. The lowest BCUT2D eigenvalue weighted by Crippen LogP contribution is -2.37. The molecule has 0 spiro atoms. The number of aliphatic hydroxyl groups excluding tert-OH is 1. The number of rotatable bonds is 4. The molecule has 1 rings (SSSR count). The van der Waals surface area contributed by atoms with Crippen molar-refractivity contribution in [1.82, 2.24) is 9.97 Å². The summed E-state index contributed by atoms with van der Waals surface area (Å²) in [7, 11) is 0. The third kappa shape index (κ3) is 3.50. The number of aromatic nitrogens is 2. The molecule has 0 saturated carbocycles. The topological polar surface area (TPSA) is 102 Å². The molecule has 0 aliphatic heterocycles. The average molecular weight is 208 g/mol. The van der Waals surface area contributed by atoms with Gasteiger partial charge in [0.25, 0.3) is 0 Å². The molecule has 1 heterocycles. The number of nitriles is 1. The number of nitrogens with zero attached hydrogens (tertiary/aromatic N) is 3. The predicted molar refractivity (Wildman–Crippen MR) is 52.9 cm³/mol. The Kier molecular flexibility index (Phi) is 3.55. The normalized spacial score (nSPS) is 14.0. The van der Waals surface area contributed by atoms with Crippen molar-refractivity contribution < 1.29 is 10.2 Å². The zero-order chi connectivity index (χ0) is 11.3. The minimum absolute atomic E-state index is 0.157. The van der Waals surface area contributed by atoms with Crippen LogP contribution >= 0.6 is 0 Å². The quantitative estimate of drug-likeness (QED) is 0.616. The summed E-state index contributed by atoms with van der Waals surface area (Å²) >= 11 is 0. The van der Waals surface area contributed by atoms with Crippen LogP contribution in [0.1, 0.15) is 12.6 Å². The van der Waals surface area contributed by atoms with Crippen molar-refractivity contribution in [2.75, 3.05) is 18.5 Å². The van der Waals surface area contributed by atoms with Crippen molar-refractivity contribution in [2.24, 2.45) is 0 Å². The molecule has 6 nitrogen and oxygen atoms in total. The summed E-state index contributed by atoms with van der Waals surface area (Å²) in [6, 6.07) is 1.85. The maximum absolute atomic E-state index is 9.47. The van der Waals surface area contributed by atoms with Gasteiger partial charge in [0.1, 0.15) is 17.5 Å². The molecule has 6 heteroatoms. The summed E-state index contributed by atoms with van der Waals surface area (Å²) < 4.78 is 0. The highest BCUT2D eigenvalue weighted by Crippen LogP contribution is 2.05. The third-order valence-corrected chi connectivity index (χ3v) is 1.76. The monoisotopic (exact) mass is 208 g/mol. The van der Waals surface area contributed by atoms with Crippen molar-refractivity contribution >= 4 is 5.82 Å². The van der Waals surface area contributed by atoms with Crippen molar-refractivity contribution in [3.8, 4) is 6.07 Å². The van der Waals surface area contributed by atoms with Crippen LogP contribution in [0.5, 0.6) is 0 Å². The first-order valence-corrected chi connectivity index (χ1v) is 4.37. The Hall–Kier alpha value is -1.71. The molecule has 0 aliphatic rings. The lowest BCUT2D eigenvalue weighted by molar-refractivity contribution is 0.0131. The van der Waals surface area contributed by atoms with Gasteiger partial charge in [0.05, 0.1) is 19.0 Å². The molecule has 1 aromatic heterocycles. The van der Waals surface area contributed by atoms with Gasteiger partial charge in [-0.3, -0.25) is 0 Å². The standard InChI is InChI=1S/C9H12N4O2/c1-9(15,6-14)5-13-8-4-11-7(2-10)3-12-8/h3-4,14-15H,5-6H2,1H3,(H,12,13). The van der Waals surface area contributed by atoms with Crippen LogP contribution in [0.2, 0.25) is 0 Å². The first-order valence-electron chi connectivity index (χ1n) is 4.37. The van der Waals surface area contributed by atoms with Gasteiger partial charge in [0.15, 0.2) is 5.69 Å². The van der Waals surface area contributed by atoms with Crippen LogP contribution < -0.4 is 5.32 Å². The van der Waals surface area contributed by atoms with E-state index in [-0.39, 0.29) is 18.8 Å². The maximum Gasteiger partial charge on any atom is 0.158 e. The fourth-order valence-corrected chi connectivity index (χ4v) is 0.814. The van der Waals surface area contributed by atoms with Gasteiger partial charge in [-0.05, 0) is 6.92 Å². The Morgan fingerprint density at radius 2 is 2.27 bits per heavy atom. The molecule has 15 heavy (non-hydrogen) atoms. The van der Waals surface area contributed by atoms with Crippen LogP contribution in [0.25, 0.3) is 0 Å². The highest BCUT2D eigenvalue weighted by Gasteiger charge is 2.18. The van der Waals surface area contributed by atoms with Gasteiger partial charge in [-0.25, -0.2) is 9.97 Å². The fraction of sp³-hybridized carbons (Fsp3) is 0.444. The minimum Gasteiger partial charge on any atom is -0.393 e. The van der Waals surface area contributed by atoms with Gasteiger partial charge < -0.3 is 15.5 Å². The van der Waals surface area contributed by atoms with Gasteiger partial charge in [0, 0.05) is 6.54 Å². The van der Waals surface area contributed by atoms with Crippen molar-refractivity contribution in [3.63, 3.8) is 0 Å². The minimum atomic E-state index is -1.20. The molecule has 0 amide bonds. The molecule has 0 radical (unpaired) electrons. The molecule has 0 bridgehead atoms. The molecule has 1 aromatic rings. The van der Waals surface area contributed by atoms with Gasteiger partial charge >= 0.3 is 0 Å². The Bertz CT molecular complexity index is 355. The second-order valence-electron chi connectivity index (χ2n) is 3.41. The molecule has 0 saturated heterocycles. The highest BCUT2D eigenvalue weighted by atomic mass is 16.3. The average Bonchev–Trinajstić information content (AvgIpc) is 2.27. The zero-order valence-corrected chi connectivity index (χ0v) is 8.30. The first-order chi connectivity index (χ1) is 7.07. The lowest BCUT2D eigenvalue weighted by atomic mass is 10.1. The summed E-state index contributed by atoms with van der Waals surface area (Å²) in [6.07, 6.45) is 2.72. The van der Waals surface area contributed by atoms with E-state index in [1.165, 1.54) is 19.3 Å². The molecular weight excluding hydrogens is 196 g/mol. The van der Waals surface area contributed by atoms with Crippen molar-refractivity contribution in [1.29, 1.82) is 5.26 Å². The largest absolute Gasteiger partial charge is 0.393 e. The van der Waals surface area contributed by atoms with Crippen LogP contribution in [-0.4, -0.2) is 38.9 Å². The lowest BCUT2D eigenvalue weighted by Gasteiger charge is -2.20. The van der Waals surface area contributed by atoms with Crippen molar-refractivity contribution in [3.05, 3.63) is 18.1 Å². The fourth-order valence-electron chi connectivity index (χ4n) is 0.814. The Labute approximate surface area is 87.2 Å². The summed E-state index contributed by atoms with van der Waals surface area (Å²) in [5, 5.41) is 29.5. The van der Waals surface area contributed by atoms with E-state index in [0.29, 0.717) is 5.82 Å². The Morgan fingerprint density at radius 1 is 1.53 bits per heavy atom. The number of nitrogens with one attached hydrogen (secondary N) is 1. The summed E-state index contributed by atoms with van der Waals surface area (Å²) in [5.41, 5.74) is -0.968. The van der Waals surface area contributed by atoms with E-state index in [1.54, 1.807) is 0 Å². The summed E-state index contributed by atoms with van der Waals surface area (Å²) in [4.78, 5) is 7.69. The molecule has 80 valence electrons. The number of aliphatic hydroxyl groups is 2. The van der Waals surface area contributed by atoms with Gasteiger partial charge in [-0.15, -0.1) is 0 Å². The van der Waals surface area contributed by atoms with Crippen molar-refractivity contribution in [2.45, 2.75) is 12.5 Å². The molecule has 0 fully saturated rings. The van der Waals surface area contributed by atoms with E-state index in [1.807, 2.05) is 6.07 Å². The van der Waals surface area contributed by atoms with E-state index in [9.17, 15) is 5.11 Å². The Morgan fingerprint density at radius 3 is 2.73 bits per heavy atom. The highest BCUT2D eigenvalue weighted by molar-refractivity contribution is 5.33. The molecule has 0 aliphatic carbocycles. The molecule has 1 unspecified atom stereocenters. The van der Waals surface area contributed by atoms with Gasteiger partial charge in [0.2, 0.25) is 0 Å². The van der Waals surface area contributed by atoms with Gasteiger partial charge in [-0.2, -0.15) is 5.26 Å². The third-order valence-electron chi connectivity index (χ3n) is 1.76. The van der Waals surface area contributed by atoms with Crippen LogP contribution in [0.3, 0.4) is 0 Å². The molecule has 1 atom stereocenters. The number of anilines is 1. The Balaban J connectivity index is 2.56. The maximum atomic E-state index is 9.47. The van der Waals surface area contributed by atoms with E-state index in [2.05, 4.69) is 15.3 Å². The van der Waals surface area contributed by atoms with E-state index in [0.717, 1.165) is 0 Å². The second kappa shape index (κ2) is 4.68. The smallest absolute Gasteiger partial charge is 0.158 e. The van der Waals surface area contributed by atoms with E-state index >= 15 is 0 Å². The molecular formula is C9H12N4O2. The zero-order valence-electron chi connectivity index (χ0n) is 8.30. The van der Waals surface area contributed by atoms with Crippen LogP contribution in [-0.2, 0) is 0 Å². The predicted octanol–water partition coefficient (Wildman–Crippen LogP) is -0.497. The van der Waals surface area contributed by atoms with E-state index < -0.39 is 5.60 Å². The van der Waals surface area contributed by atoms with Crippen LogP contribution in [0, 0.1) is 11.3 Å². The summed E-state index contributed by atoms with van der Waals surface area (Å²) in [6.45, 7) is 1.31. The number of hydrogen-bond acceptors (Lipinski definition) is 6. The number of hydrogen-bond donors (Lipinski definition) is 3. The summed E-state index contributed by atoms with van der Waals surface area (Å²) in [5.74, 6) is 0.447. The van der Waals surface area contributed by atoms with Gasteiger partial charge in [-0.1, -0.05) is 0 Å². The first kappa shape index (κ1) is 11.4. The van der Waals surface area contributed by atoms with Crippen LogP contribution in [0.15, 0.2) is 12.4 Å². The second-order valence-corrected chi connectivity index (χ2v) is 3.41. The molecule has 0 aromatic carbocycles. The van der Waals surface area contributed by atoms with Crippen LogP contribution in [0.4, 0.5) is 5.82 Å². The van der Waals surface area contributed by atoms with E-state index in [4.69, 9.17) is 10.4 Å². The molecule has 3 N–H and O–H groups in total.